The standard InChI is InChI=1S/C10H12N2O2/c1-14-10-5-7-2-3-11-6-8(7)4-9(10)12-13/h4-5,11H,2-3,6H2,1H3. The van der Waals surface area contributed by atoms with Gasteiger partial charge < -0.3 is 10.1 Å². The van der Waals surface area contributed by atoms with Crippen LogP contribution in [0.2, 0.25) is 0 Å². The molecule has 0 saturated carbocycles. The molecular weight excluding hydrogens is 180 g/mol. The van der Waals surface area contributed by atoms with Crippen LogP contribution in [0.3, 0.4) is 0 Å². The van der Waals surface area contributed by atoms with E-state index in [1.54, 1.807) is 13.2 Å². The maximum Gasteiger partial charge on any atom is 0.150 e. The SMILES string of the molecule is COc1cc2c(cc1N=O)CNCC2. The molecule has 0 amide bonds. The highest BCUT2D eigenvalue weighted by atomic mass is 16.5. The number of benzene rings is 1. The maximum absolute atomic E-state index is 10.5. The average Bonchev–Trinajstić information content (AvgIpc) is 2.27. The van der Waals surface area contributed by atoms with Gasteiger partial charge in [-0.05, 0) is 41.4 Å². The first-order valence-electron chi connectivity index (χ1n) is 4.59. The van der Waals surface area contributed by atoms with Crippen LogP contribution < -0.4 is 10.1 Å². The Hall–Kier alpha value is -1.42. The van der Waals surface area contributed by atoms with Crippen molar-refractivity contribution < 1.29 is 4.74 Å². The van der Waals surface area contributed by atoms with E-state index in [0.717, 1.165) is 25.1 Å². The number of nitrogens with one attached hydrogen (secondary N) is 1. The van der Waals surface area contributed by atoms with E-state index in [4.69, 9.17) is 4.74 Å². The van der Waals surface area contributed by atoms with Crippen molar-refractivity contribution in [3.63, 3.8) is 0 Å². The van der Waals surface area contributed by atoms with Gasteiger partial charge in [-0.2, -0.15) is 0 Å². The molecule has 1 heterocycles. The first kappa shape index (κ1) is 9.15. The summed E-state index contributed by atoms with van der Waals surface area (Å²) < 4.78 is 5.09. The monoisotopic (exact) mass is 192 g/mol. The Kier molecular flexibility index (Phi) is 2.45. The number of methoxy groups -OCH3 is 1. The van der Waals surface area contributed by atoms with Crippen LogP contribution in [0.1, 0.15) is 11.1 Å². The average molecular weight is 192 g/mol. The molecule has 4 heteroatoms. The summed E-state index contributed by atoms with van der Waals surface area (Å²) in [7, 11) is 1.55. The van der Waals surface area contributed by atoms with Crippen molar-refractivity contribution in [1.29, 1.82) is 0 Å². The Morgan fingerprint density at radius 2 is 2.29 bits per heavy atom. The lowest BCUT2D eigenvalue weighted by molar-refractivity contribution is 0.415. The minimum atomic E-state index is 0.384. The maximum atomic E-state index is 10.5. The third-order valence-corrected chi connectivity index (χ3v) is 2.49. The first-order chi connectivity index (χ1) is 6.85. The largest absolute Gasteiger partial charge is 0.494 e. The number of ether oxygens (including phenoxy) is 1. The molecule has 4 nitrogen and oxygen atoms in total. The van der Waals surface area contributed by atoms with E-state index in [2.05, 4.69) is 10.5 Å². The Labute approximate surface area is 82.2 Å². The molecule has 1 aromatic rings. The van der Waals surface area contributed by atoms with Gasteiger partial charge in [0.1, 0.15) is 11.4 Å². The third kappa shape index (κ3) is 1.48. The van der Waals surface area contributed by atoms with Gasteiger partial charge >= 0.3 is 0 Å². The van der Waals surface area contributed by atoms with Crippen LogP contribution in [0, 0.1) is 4.91 Å². The molecule has 0 spiro atoms. The van der Waals surface area contributed by atoms with Gasteiger partial charge in [-0.15, -0.1) is 4.91 Å². The van der Waals surface area contributed by atoms with Gasteiger partial charge in [0.05, 0.1) is 7.11 Å². The summed E-state index contributed by atoms with van der Waals surface area (Å²) in [6, 6.07) is 3.71. The van der Waals surface area contributed by atoms with E-state index in [1.165, 1.54) is 5.56 Å². The quantitative estimate of drug-likeness (QED) is 0.726. The normalized spacial score (nSPS) is 14.6. The van der Waals surface area contributed by atoms with Crippen molar-refractivity contribution in [2.45, 2.75) is 13.0 Å². The highest BCUT2D eigenvalue weighted by Crippen LogP contribution is 2.31. The van der Waals surface area contributed by atoms with Crippen molar-refractivity contribution in [1.82, 2.24) is 5.32 Å². The molecule has 0 aromatic heterocycles. The van der Waals surface area contributed by atoms with Crippen LogP contribution in [0.4, 0.5) is 5.69 Å². The Morgan fingerprint density at radius 1 is 1.43 bits per heavy atom. The van der Waals surface area contributed by atoms with Gasteiger partial charge in [-0.3, -0.25) is 0 Å². The van der Waals surface area contributed by atoms with E-state index in [-0.39, 0.29) is 0 Å². The first-order valence-corrected chi connectivity index (χ1v) is 4.59. The lowest BCUT2D eigenvalue weighted by Gasteiger charge is -2.18. The highest BCUT2D eigenvalue weighted by molar-refractivity contribution is 5.56. The molecule has 0 aliphatic carbocycles. The van der Waals surface area contributed by atoms with E-state index in [1.807, 2.05) is 6.07 Å². The van der Waals surface area contributed by atoms with Crippen molar-refractivity contribution in [3.05, 3.63) is 28.2 Å². The second-order valence-electron chi connectivity index (χ2n) is 3.31. The van der Waals surface area contributed by atoms with Crippen molar-refractivity contribution >= 4 is 5.69 Å². The zero-order valence-corrected chi connectivity index (χ0v) is 8.04. The molecule has 1 N–H and O–H groups in total. The van der Waals surface area contributed by atoms with Crippen molar-refractivity contribution in [2.75, 3.05) is 13.7 Å². The van der Waals surface area contributed by atoms with Crippen LogP contribution in [0.5, 0.6) is 5.75 Å². The zero-order valence-electron chi connectivity index (χ0n) is 8.04. The molecule has 0 radical (unpaired) electrons. The molecule has 0 bridgehead atoms. The van der Waals surface area contributed by atoms with E-state index in [9.17, 15) is 4.91 Å². The van der Waals surface area contributed by atoms with Crippen molar-refractivity contribution in [2.24, 2.45) is 5.18 Å². The van der Waals surface area contributed by atoms with Gasteiger partial charge in [0.2, 0.25) is 0 Å². The smallest absolute Gasteiger partial charge is 0.150 e. The molecule has 14 heavy (non-hydrogen) atoms. The number of nitrogens with zero attached hydrogens (tertiary/aromatic N) is 1. The predicted octanol–water partition coefficient (Wildman–Crippen LogP) is 1.74. The van der Waals surface area contributed by atoms with E-state index in [0.29, 0.717) is 11.4 Å². The van der Waals surface area contributed by atoms with Crippen LogP contribution >= 0.6 is 0 Å². The number of hydrogen-bond acceptors (Lipinski definition) is 4. The van der Waals surface area contributed by atoms with Crippen LogP contribution in [0.15, 0.2) is 17.3 Å². The van der Waals surface area contributed by atoms with Gasteiger partial charge in [0.25, 0.3) is 0 Å². The highest BCUT2D eigenvalue weighted by Gasteiger charge is 2.13. The summed E-state index contributed by atoms with van der Waals surface area (Å²) in [6.07, 6.45) is 0.977. The lowest BCUT2D eigenvalue weighted by Crippen LogP contribution is -2.23. The summed E-state index contributed by atoms with van der Waals surface area (Å²) in [6.45, 7) is 1.78. The number of rotatable bonds is 2. The number of nitroso groups, excluding NO2 is 1. The summed E-state index contributed by atoms with van der Waals surface area (Å²) in [5, 5.41) is 6.19. The summed E-state index contributed by atoms with van der Waals surface area (Å²) >= 11 is 0. The molecule has 1 aliphatic heterocycles. The van der Waals surface area contributed by atoms with Crippen molar-refractivity contribution in [3.8, 4) is 5.75 Å². The predicted molar refractivity (Wildman–Crippen MR) is 53.9 cm³/mol. The molecule has 1 aliphatic rings. The molecule has 0 fully saturated rings. The fourth-order valence-corrected chi connectivity index (χ4v) is 1.73. The fourth-order valence-electron chi connectivity index (χ4n) is 1.73. The molecule has 0 atom stereocenters. The van der Waals surface area contributed by atoms with Crippen LogP contribution in [0.25, 0.3) is 0 Å². The number of hydrogen-bond donors (Lipinski definition) is 1. The molecule has 74 valence electrons. The Morgan fingerprint density at radius 3 is 3.00 bits per heavy atom. The second-order valence-corrected chi connectivity index (χ2v) is 3.31. The van der Waals surface area contributed by atoms with Crippen LogP contribution in [-0.2, 0) is 13.0 Å². The van der Waals surface area contributed by atoms with E-state index < -0.39 is 0 Å². The topological polar surface area (TPSA) is 50.7 Å². The molecule has 2 rings (SSSR count). The van der Waals surface area contributed by atoms with Gasteiger partial charge in [-0.1, -0.05) is 0 Å². The number of fused-ring (bicyclic) bond motifs is 1. The Bertz CT molecular complexity index is 363. The fraction of sp³-hybridized carbons (Fsp3) is 0.400. The van der Waals surface area contributed by atoms with E-state index >= 15 is 0 Å². The molecule has 1 aromatic carbocycles. The molecule has 0 saturated heterocycles. The summed E-state index contributed by atoms with van der Waals surface area (Å²) in [4.78, 5) is 10.5. The molecular formula is C10H12N2O2. The second kappa shape index (κ2) is 3.75. The van der Waals surface area contributed by atoms with Gasteiger partial charge in [-0.25, -0.2) is 0 Å². The van der Waals surface area contributed by atoms with Gasteiger partial charge in [0, 0.05) is 6.54 Å². The zero-order chi connectivity index (χ0) is 9.97. The third-order valence-electron chi connectivity index (χ3n) is 2.49. The minimum Gasteiger partial charge on any atom is -0.494 e. The molecule has 0 unspecified atom stereocenters. The Balaban J connectivity index is 2.48. The minimum absolute atomic E-state index is 0.384. The van der Waals surface area contributed by atoms with Gasteiger partial charge in [0.15, 0.2) is 0 Å². The summed E-state index contributed by atoms with van der Waals surface area (Å²) in [5.74, 6) is 0.570. The summed E-state index contributed by atoms with van der Waals surface area (Å²) in [5.41, 5.74) is 2.77. The lowest BCUT2D eigenvalue weighted by atomic mass is 10.00. The van der Waals surface area contributed by atoms with Crippen LogP contribution in [-0.4, -0.2) is 13.7 Å².